The van der Waals surface area contributed by atoms with Crippen LogP contribution in [0.3, 0.4) is 0 Å². The number of nitrogens with zero attached hydrogens (tertiary/aromatic N) is 3. The Morgan fingerprint density at radius 3 is 2.58 bits per heavy atom. The first-order valence-corrected chi connectivity index (χ1v) is 7.39. The van der Waals surface area contributed by atoms with Crippen LogP contribution in [-0.4, -0.2) is 23.2 Å². The van der Waals surface area contributed by atoms with Crippen LogP contribution in [0.4, 0.5) is 5.69 Å². The maximum atomic E-state index is 12.3. The van der Waals surface area contributed by atoms with Crippen molar-refractivity contribution >= 4 is 38.9 Å². The molecule has 0 aliphatic carbocycles. The van der Waals surface area contributed by atoms with Crippen molar-refractivity contribution in [1.29, 1.82) is 0 Å². The Balaban J connectivity index is 2.47. The standard InChI is InChI=1S/C10H10Cl2N4O2S/c1-6-8(10(12)16(2)14-6)19(17,18)15-7-4-3-5-13-9(7)11/h3-5,15H,1-2H3. The average Bonchev–Trinajstić information content (AvgIpc) is 2.56. The van der Waals surface area contributed by atoms with Crippen LogP contribution in [0.15, 0.2) is 23.2 Å². The number of aromatic nitrogens is 3. The van der Waals surface area contributed by atoms with Crippen molar-refractivity contribution in [3.8, 4) is 0 Å². The van der Waals surface area contributed by atoms with Gasteiger partial charge in [-0.3, -0.25) is 9.40 Å². The summed E-state index contributed by atoms with van der Waals surface area (Å²) in [5.41, 5.74) is 0.489. The van der Waals surface area contributed by atoms with Gasteiger partial charge < -0.3 is 0 Å². The fourth-order valence-electron chi connectivity index (χ4n) is 1.57. The minimum absolute atomic E-state index is 0.0324. The minimum Gasteiger partial charge on any atom is -0.276 e. The molecular formula is C10H10Cl2N4O2S. The van der Waals surface area contributed by atoms with E-state index in [0.717, 1.165) is 0 Å². The van der Waals surface area contributed by atoms with Gasteiger partial charge in [-0.1, -0.05) is 23.2 Å². The zero-order valence-corrected chi connectivity index (χ0v) is 12.4. The molecule has 2 aromatic heterocycles. The highest BCUT2D eigenvalue weighted by atomic mass is 35.5. The molecule has 0 aromatic carbocycles. The molecule has 1 N–H and O–H groups in total. The molecule has 0 fully saturated rings. The number of aryl methyl sites for hydroxylation is 2. The number of halogens is 2. The summed E-state index contributed by atoms with van der Waals surface area (Å²) in [6.07, 6.45) is 1.46. The average molecular weight is 321 g/mol. The van der Waals surface area contributed by atoms with Crippen molar-refractivity contribution < 1.29 is 8.42 Å². The van der Waals surface area contributed by atoms with E-state index in [9.17, 15) is 8.42 Å². The van der Waals surface area contributed by atoms with Crippen LogP contribution in [0, 0.1) is 6.92 Å². The smallest absolute Gasteiger partial charge is 0.266 e. The first-order chi connectivity index (χ1) is 8.83. The lowest BCUT2D eigenvalue weighted by Crippen LogP contribution is -2.14. The van der Waals surface area contributed by atoms with Crippen LogP contribution in [0.1, 0.15) is 5.69 Å². The summed E-state index contributed by atoms with van der Waals surface area (Å²) in [4.78, 5) is 3.72. The summed E-state index contributed by atoms with van der Waals surface area (Å²) >= 11 is 11.7. The first kappa shape index (κ1) is 14.1. The molecule has 2 rings (SSSR count). The Labute approximate surface area is 120 Å². The van der Waals surface area contributed by atoms with Crippen molar-refractivity contribution in [2.45, 2.75) is 11.8 Å². The highest BCUT2D eigenvalue weighted by molar-refractivity contribution is 7.92. The third kappa shape index (κ3) is 2.68. The normalized spacial score (nSPS) is 11.6. The lowest BCUT2D eigenvalue weighted by atomic mass is 10.4. The van der Waals surface area contributed by atoms with Crippen molar-refractivity contribution in [2.75, 3.05) is 4.72 Å². The van der Waals surface area contributed by atoms with Gasteiger partial charge in [-0.15, -0.1) is 0 Å². The largest absolute Gasteiger partial charge is 0.276 e. The summed E-state index contributed by atoms with van der Waals surface area (Å²) in [7, 11) is -2.31. The van der Waals surface area contributed by atoms with Gasteiger partial charge in [0.15, 0.2) is 5.15 Å². The van der Waals surface area contributed by atoms with Gasteiger partial charge in [0, 0.05) is 13.2 Å². The summed E-state index contributed by atoms with van der Waals surface area (Å²) in [5, 5.41) is 4.05. The van der Waals surface area contributed by atoms with Crippen LogP contribution in [0.25, 0.3) is 0 Å². The van der Waals surface area contributed by atoms with Crippen molar-refractivity contribution in [3.63, 3.8) is 0 Å². The Morgan fingerprint density at radius 2 is 2.05 bits per heavy atom. The third-order valence-electron chi connectivity index (χ3n) is 2.37. The maximum absolute atomic E-state index is 12.3. The van der Waals surface area contributed by atoms with E-state index in [-0.39, 0.29) is 20.9 Å². The Bertz CT molecular complexity index is 727. The van der Waals surface area contributed by atoms with E-state index < -0.39 is 10.0 Å². The molecule has 6 nitrogen and oxygen atoms in total. The van der Waals surface area contributed by atoms with Gasteiger partial charge in [-0.05, 0) is 19.1 Å². The van der Waals surface area contributed by atoms with Gasteiger partial charge >= 0.3 is 0 Å². The molecule has 19 heavy (non-hydrogen) atoms. The summed E-state index contributed by atoms with van der Waals surface area (Å²) < 4.78 is 28.2. The molecule has 0 aliphatic heterocycles. The van der Waals surface area contributed by atoms with Gasteiger partial charge in [-0.25, -0.2) is 13.4 Å². The molecule has 2 aromatic rings. The number of anilines is 1. The number of pyridine rings is 1. The topological polar surface area (TPSA) is 76.9 Å². The van der Waals surface area contributed by atoms with E-state index in [1.54, 1.807) is 20.0 Å². The number of hydrogen-bond acceptors (Lipinski definition) is 4. The quantitative estimate of drug-likeness (QED) is 0.880. The van der Waals surface area contributed by atoms with Gasteiger partial charge in [0.2, 0.25) is 0 Å². The molecule has 0 radical (unpaired) electrons. The molecule has 2 heterocycles. The maximum Gasteiger partial charge on any atom is 0.266 e. The Kier molecular flexibility index (Phi) is 3.71. The molecule has 9 heteroatoms. The van der Waals surface area contributed by atoms with Crippen molar-refractivity contribution in [1.82, 2.24) is 14.8 Å². The van der Waals surface area contributed by atoms with E-state index in [1.165, 1.54) is 16.9 Å². The van der Waals surface area contributed by atoms with Gasteiger partial charge in [0.1, 0.15) is 10.0 Å². The van der Waals surface area contributed by atoms with Crippen LogP contribution >= 0.6 is 23.2 Å². The van der Waals surface area contributed by atoms with E-state index in [4.69, 9.17) is 23.2 Å². The minimum atomic E-state index is -3.87. The summed E-state index contributed by atoms with van der Waals surface area (Å²) in [5.74, 6) is 0. The number of sulfonamides is 1. The zero-order valence-electron chi connectivity index (χ0n) is 10.1. The van der Waals surface area contributed by atoms with Crippen LogP contribution in [0.2, 0.25) is 10.3 Å². The molecule has 0 aliphatic rings. The molecular weight excluding hydrogens is 311 g/mol. The lowest BCUT2D eigenvalue weighted by molar-refractivity contribution is 0.600. The monoisotopic (exact) mass is 320 g/mol. The van der Waals surface area contributed by atoms with Gasteiger partial charge in [0.05, 0.1) is 11.4 Å². The van der Waals surface area contributed by atoms with Crippen molar-refractivity contribution in [2.24, 2.45) is 7.05 Å². The van der Waals surface area contributed by atoms with Crippen LogP contribution in [0.5, 0.6) is 0 Å². The molecule has 0 saturated carbocycles. The van der Waals surface area contributed by atoms with E-state index in [1.807, 2.05) is 0 Å². The molecule has 0 spiro atoms. The molecule has 0 saturated heterocycles. The Hall–Kier alpha value is -1.31. The predicted molar refractivity (Wildman–Crippen MR) is 73.0 cm³/mol. The van der Waals surface area contributed by atoms with E-state index >= 15 is 0 Å². The molecule has 0 bridgehead atoms. The second-order valence-corrected chi connectivity index (χ2v) is 6.11. The van der Waals surface area contributed by atoms with Gasteiger partial charge in [-0.2, -0.15) is 5.10 Å². The lowest BCUT2D eigenvalue weighted by Gasteiger charge is -2.08. The second-order valence-electron chi connectivity index (χ2n) is 3.78. The van der Waals surface area contributed by atoms with E-state index in [0.29, 0.717) is 5.69 Å². The predicted octanol–water partition coefficient (Wildman–Crippen LogP) is 2.23. The van der Waals surface area contributed by atoms with Gasteiger partial charge in [0.25, 0.3) is 10.0 Å². The van der Waals surface area contributed by atoms with Crippen LogP contribution < -0.4 is 4.72 Å². The molecule has 0 unspecified atom stereocenters. The molecule has 102 valence electrons. The first-order valence-electron chi connectivity index (χ1n) is 5.15. The summed E-state index contributed by atoms with van der Waals surface area (Å²) in [6.45, 7) is 1.56. The number of hydrogen-bond donors (Lipinski definition) is 1. The number of rotatable bonds is 3. The van der Waals surface area contributed by atoms with E-state index in [2.05, 4.69) is 14.8 Å². The number of nitrogens with one attached hydrogen (secondary N) is 1. The highest BCUT2D eigenvalue weighted by Crippen LogP contribution is 2.28. The fourth-order valence-corrected chi connectivity index (χ4v) is 3.62. The third-order valence-corrected chi connectivity index (χ3v) is 4.73. The second kappa shape index (κ2) is 4.99. The van der Waals surface area contributed by atoms with Crippen LogP contribution in [-0.2, 0) is 17.1 Å². The highest BCUT2D eigenvalue weighted by Gasteiger charge is 2.25. The Morgan fingerprint density at radius 1 is 1.37 bits per heavy atom. The molecule has 0 atom stereocenters. The SMILES string of the molecule is Cc1nn(C)c(Cl)c1S(=O)(=O)Nc1cccnc1Cl. The zero-order chi connectivity index (χ0) is 14.2. The molecule has 0 amide bonds. The summed E-state index contributed by atoms with van der Waals surface area (Å²) in [6, 6.07) is 3.08. The van der Waals surface area contributed by atoms with Crippen molar-refractivity contribution in [3.05, 3.63) is 34.3 Å². The fraction of sp³-hybridized carbons (Fsp3) is 0.200.